The number of aryl methyl sites for hydroxylation is 1. The van der Waals surface area contributed by atoms with E-state index in [9.17, 15) is 0 Å². The number of hydrogen-bond acceptors (Lipinski definition) is 1. The maximum absolute atomic E-state index is 4.79. The molecule has 3 aromatic carbocycles. The molecule has 0 radical (unpaired) electrons. The van der Waals surface area contributed by atoms with E-state index >= 15 is 0 Å². The van der Waals surface area contributed by atoms with Crippen molar-refractivity contribution in [2.75, 3.05) is 0 Å². The largest absolute Gasteiger partial charge is 0.252 e. The Morgan fingerprint density at radius 2 is 1.38 bits per heavy atom. The van der Waals surface area contributed by atoms with Crippen molar-refractivity contribution in [3.8, 4) is 11.1 Å². The molecule has 1 heterocycles. The van der Waals surface area contributed by atoms with Crippen molar-refractivity contribution in [2.24, 2.45) is 0 Å². The topological polar surface area (TPSA) is 12.9 Å². The van der Waals surface area contributed by atoms with E-state index in [1.165, 1.54) is 27.3 Å². The van der Waals surface area contributed by atoms with Crippen LogP contribution in [0.2, 0.25) is 0 Å². The van der Waals surface area contributed by atoms with Crippen LogP contribution >= 0.6 is 0 Å². The van der Waals surface area contributed by atoms with E-state index in [0.29, 0.717) is 0 Å². The first-order valence-electron chi connectivity index (χ1n) is 7.18. The lowest BCUT2D eigenvalue weighted by atomic mass is 9.96. The summed E-state index contributed by atoms with van der Waals surface area (Å²) in [5.41, 5.74) is 4.63. The lowest BCUT2D eigenvalue weighted by Gasteiger charge is -2.11. The molecule has 21 heavy (non-hydrogen) atoms. The molecule has 1 aromatic heterocycles. The number of benzene rings is 3. The fourth-order valence-corrected chi connectivity index (χ4v) is 3.03. The number of nitrogens with zero attached hydrogens (tertiary/aromatic N) is 1. The van der Waals surface area contributed by atoms with Gasteiger partial charge in [-0.2, -0.15) is 0 Å². The molecular weight excluding hydrogens is 254 g/mol. The highest BCUT2D eigenvalue weighted by Gasteiger charge is 2.10. The highest BCUT2D eigenvalue weighted by atomic mass is 14.7. The van der Waals surface area contributed by atoms with Crippen LogP contribution in [0.25, 0.3) is 32.8 Å². The third-order valence-electron chi connectivity index (χ3n) is 4.00. The van der Waals surface area contributed by atoms with Crippen molar-refractivity contribution in [1.82, 2.24) is 4.98 Å². The smallest absolute Gasteiger partial charge is 0.0717 e. The van der Waals surface area contributed by atoms with Crippen LogP contribution in [-0.2, 0) is 0 Å². The van der Waals surface area contributed by atoms with Crippen LogP contribution in [0, 0.1) is 6.92 Å². The first-order chi connectivity index (χ1) is 10.3. The first-order valence-corrected chi connectivity index (χ1v) is 7.18. The van der Waals surface area contributed by atoms with Gasteiger partial charge >= 0.3 is 0 Å². The van der Waals surface area contributed by atoms with Gasteiger partial charge in [0.15, 0.2) is 0 Å². The molecule has 0 aliphatic carbocycles. The molecule has 0 saturated heterocycles. The summed E-state index contributed by atoms with van der Waals surface area (Å²) in [4.78, 5) is 4.79. The SMILES string of the molecule is Cc1nc2cccc(-c3ccccc3)c2c2ccccc12. The van der Waals surface area contributed by atoms with E-state index in [-0.39, 0.29) is 0 Å². The molecule has 1 heteroatoms. The molecule has 0 unspecified atom stereocenters. The van der Waals surface area contributed by atoms with Crippen LogP contribution in [0.15, 0.2) is 72.8 Å². The number of aromatic nitrogens is 1. The minimum absolute atomic E-state index is 1.06. The van der Waals surface area contributed by atoms with Gasteiger partial charge in [0, 0.05) is 16.5 Å². The maximum Gasteiger partial charge on any atom is 0.0717 e. The third-order valence-corrected chi connectivity index (χ3v) is 4.00. The van der Waals surface area contributed by atoms with Crippen LogP contribution in [0.3, 0.4) is 0 Å². The predicted molar refractivity (Wildman–Crippen MR) is 89.4 cm³/mol. The second-order valence-corrected chi connectivity index (χ2v) is 5.31. The summed E-state index contributed by atoms with van der Waals surface area (Å²) >= 11 is 0. The van der Waals surface area contributed by atoms with Gasteiger partial charge in [-0.05, 0) is 29.5 Å². The zero-order chi connectivity index (χ0) is 14.2. The van der Waals surface area contributed by atoms with Gasteiger partial charge in [-0.25, -0.2) is 0 Å². The monoisotopic (exact) mass is 269 g/mol. The molecule has 100 valence electrons. The maximum atomic E-state index is 4.79. The normalized spacial score (nSPS) is 11.1. The minimum atomic E-state index is 1.06. The van der Waals surface area contributed by atoms with Crippen molar-refractivity contribution < 1.29 is 0 Å². The quantitative estimate of drug-likeness (QED) is 0.424. The molecule has 0 aliphatic rings. The predicted octanol–water partition coefficient (Wildman–Crippen LogP) is 5.36. The van der Waals surface area contributed by atoms with Crippen LogP contribution in [-0.4, -0.2) is 4.98 Å². The molecule has 0 spiro atoms. The Morgan fingerprint density at radius 3 is 2.19 bits per heavy atom. The van der Waals surface area contributed by atoms with E-state index < -0.39 is 0 Å². The van der Waals surface area contributed by atoms with E-state index in [1.54, 1.807) is 0 Å². The molecule has 4 aromatic rings. The van der Waals surface area contributed by atoms with Crippen molar-refractivity contribution in [1.29, 1.82) is 0 Å². The van der Waals surface area contributed by atoms with Crippen molar-refractivity contribution in [2.45, 2.75) is 6.92 Å². The lowest BCUT2D eigenvalue weighted by Crippen LogP contribution is -1.90. The summed E-state index contributed by atoms with van der Waals surface area (Å²) in [6.45, 7) is 2.08. The summed E-state index contributed by atoms with van der Waals surface area (Å²) < 4.78 is 0. The average Bonchev–Trinajstić information content (AvgIpc) is 2.55. The minimum Gasteiger partial charge on any atom is -0.252 e. The molecule has 1 nitrogen and oxygen atoms in total. The lowest BCUT2D eigenvalue weighted by molar-refractivity contribution is 1.29. The molecule has 0 atom stereocenters. The third kappa shape index (κ3) is 1.90. The second kappa shape index (κ2) is 4.71. The molecule has 4 rings (SSSR count). The highest BCUT2D eigenvalue weighted by molar-refractivity contribution is 6.13. The summed E-state index contributed by atoms with van der Waals surface area (Å²) in [5, 5.41) is 3.75. The van der Waals surface area contributed by atoms with Gasteiger partial charge in [-0.15, -0.1) is 0 Å². The first kappa shape index (κ1) is 12.1. The number of hydrogen-bond donors (Lipinski definition) is 0. The van der Waals surface area contributed by atoms with Gasteiger partial charge in [0.05, 0.1) is 5.52 Å². The zero-order valence-corrected chi connectivity index (χ0v) is 11.9. The zero-order valence-electron chi connectivity index (χ0n) is 11.9. The molecule has 0 saturated carbocycles. The highest BCUT2D eigenvalue weighted by Crippen LogP contribution is 2.34. The Labute approximate surface area is 123 Å². The summed E-state index contributed by atoms with van der Waals surface area (Å²) in [6, 6.07) is 25.4. The van der Waals surface area contributed by atoms with E-state index in [4.69, 9.17) is 4.98 Å². The number of fused-ring (bicyclic) bond motifs is 3. The molecular formula is C20H15N. The Bertz CT molecular complexity index is 940. The molecule has 0 amide bonds. The van der Waals surface area contributed by atoms with Gasteiger partial charge in [-0.1, -0.05) is 66.7 Å². The van der Waals surface area contributed by atoms with E-state index in [1.807, 2.05) is 0 Å². The fraction of sp³-hybridized carbons (Fsp3) is 0.0500. The van der Waals surface area contributed by atoms with Crippen molar-refractivity contribution in [3.05, 3.63) is 78.5 Å². The fourth-order valence-electron chi connectivity index (χ4n) is 3.03. The molecule has 0 bridgehead atoms. The Balaban J connectivity index is 2.21. The number of rotatable bonds is 1. The van der Waals surface area contributed by atoms with Gasteiger partial charge in [0.2, 0.25) is 0 Å². The summed E-state index contributed by atoms with van der Waals surface area (Å²) in [7, 11) is 0. The van der Waals surface area contributed by atoms with Gasteiger partial charge in [-0.3, -0.25) is 4.98 Å². The van der Waals surface area contributed by atoms with Crippen LogP contribution in [0.5, 0.6) is 0 Å². The van der Waals surface area contributed by atoms with Crippen molar-refractivity contribution >= 4 is 21.7 Å². The Kier molecular flexibility index (Phi) is 2.71. The van der Waals surface area contributed by atoms with Gasteiger partial charge in [0.25, 0.3) is 0 Å². The average molecular weight is 269 g/mol. The molecule has 0 fully saturated rings. The van der Waals surface area contributed by atoms with E-state index in [2.05, 4.69) is 79.7 Å². The van der Waals surface area contributed by atoms with Crippen LogP contribution in [0.1, 0.15) is 5.69 Å². The van der Waals surface area contributed by atoms with E-state index in [0.717, 1.165) is 11.2 Å². The van der Waals surface area contributed by atoms with Crippen LogP contribution in [0.4, 0.5) is 0 Å². The number of pyridine rings is 1. The van der Waals surface area contributed by atoms with Crippen LogP contribution < -0.4 is 0 Å². The molecule has 0 aliphatic heterocycles. The Morgan fingerprint density at radius 1 is 0.667 bits per heavy atom. The summed E-state index contributed by atoms with van der Waals surface area (Å²) in [6.07, 6.45) is 0. The van der Waals surface area contributed by atoms with Gasteiger partial charge < -0.3 is 0 Å². The molecule has 0 N–H and O–H groups in total. The van der Waals surface area contributed by atoms with Crippen molar-refractivity contribution in [3.63, 3.8) is 0 Å². The Hall–Kier alpha value is -2.67. The summed E-state index contributed by atoms with van der Waals surface area (Å²) in [5.74, 6) is 0. The second-order valence-electron chi connectivity index (χ2n) is 5.31. The van der Waals surface area contributed by atoms with Gasteiger partial charge in [0.1, 0.15) is 0 Å². The standard InChI is InChI=1S/C20H15N/c1-14-16-10-5-6-11-18(16)20-17(12-7-13-19(20)21-14)15-8-3-2-4-9-15/h2-13H,1H3.